The number of hydrogen-bond acceptors (Lipinski definition) is 3. The molecule has 0 saturated carbocycles. The summed E-state index contributed by atoms with van der Waals surface area (Å²) >= 11 is 0. The van der Waals surface area contributed by atoms with Gasteiger partial charge in [-0.3, -0.25) is 10.1 Å². The van der Waals surface area contributed by atoms with Crippen molar-refractivity contribution in [3.05, 3.63) is 29.3 Å². The molecular formula is C15H20N2O3. The van der Waals surface area contributed by atoms with E-state index in [1.807, 2.05) is 25.1 Å². The van der Waals surface area contributed by atoms with Gasteiger partial charge in [0.15, 0.2) is 6.61 Å². The van der Waals surface area contributed by atoms with Gasteiger partial charge in [0.05, 0.1) is 0 Å². The third-order valence-corrected chi connectivity index (χ3v) is 3.23. The Bertz CT molecular complexity index is 500. The number of rotatable bonds is 5. The molecule has 1 aliphatic carbocycles. The Kier molecular flexibility index (Phi) is 4.98. The molecule has 3 amide bonds. The lowest BCUT2D eigenvalue weighted by molar-refractivity contribution is -0.122. The molecule has 2 rings (SSSR count). The molecule has 0 unspecified atom stereocenters. The fraction of sp³-hybridized carbons (Fsp3) is 0.467. The van der Waals surface area contributed by atoms with Gasteiger partial charge in [-0.1, -0.05) is 13.0 Å². The van der Waals surface area contributed by atoms with Crippen LogP contribution in [0, 0.1) is 0 Å². The highest BCUT2D eigenvalue weighted by Crippen LogP contribution is 2.25. The van der Waals surface area contributed by atoms with E-state index in [-0.39, 0.29) is 6.61 Å². The van der Waals surface area contributed by atoms with Crippen LogP contribution in [-0.2, 0) is 17.6 Å². The number of carbonyl (C=O) groups is 2. The average Bonchev–Trinajstić information content (AvgIpc) is 2.90. The van der Waals surface area contributed by atoms with Gasteiger partial charge in [0.2, 0.25) is 0 Å². The van der Waals surface area contributed by atoms with Crippen LogP contribution in [0.2, 0.25) is 0 Å². The van der Waals surface area contributed by atoms with E-state index in [9.17, 15) is 9.59 Å². The number of aryl methyl sites for hydroxylation is 2. The molecule has 0 radical (unpaired) electrons. The summed E-state index contributed by atoms with van der Waals surface area (Å²) in [6.45, 7) is 2.34. The molecule has 0 bridgehead atoms. The molecule has 0 spiro atoms. The lowest BCUT2D eigenvalue weighted by atomic mass is 10.1. The smallest absolute Gasteiger partial charge is 0.321 e. The van der Waals surface area contributed by atoms with Crippen molar-refractivity contribution in [1.82, 2.24) is 10.6 Å². The minimum absolute atomic E-state index is 0.154. The molecule has 0 heterocycles. The van der Waals surface area contributed by atoms with Crippen LogP contribution in [0.15, 0.2) is 18.2 Å². The Labute approximate surface area is 118 Å². The van der Waals surface area contributed by atoms with Crippen LogP contribution >= 0.6 is 0 Å². The summed E-state index contributed by atoms with van der Waals surface area (Å²) in [5.41, 5.74) is 2.66. The molecule has 20 heavy (non-hydrogen) atoms. The van der Waals surface area contributed by atoms with E-state index in [2.05, 4.69) is 10.6 Å². The SMILES string of the molecule is CCCNC(=O)NC(=O)COc1ccc2c(c1)CCC2. The van der Waals surface area contributed by atoms with Gasteiger partial charge in [-0.2, -0.15) is 0 Å². The normalized spacial score (nSPS) is 12.7. The first-order valence-electron chi connectivity index (χ1n) is 7.01. The van der Waals surface area contributed by atoms with Gasteiger partial charge in [0.1, 0.15) is 5.75 Å². The predicted octanol–water partition coefficient (Wildman–Crippen LogP) is 1.79. The lowest BCUT2D eigenvalue weighted by Crippen LogP contribution is -2.41. The standard InChI is InChI=1S/C15H20N2O3/c1-2-8-16-15(19)17-14(18)10-20-13-7-6-11-4-3-5-12(11)9-13/h6-7,9H,2-5,8,10H2,1H3,(H2,16,17,18,19). The van der Waals surface area contributed by atoms with E-state index in [0.29, 0.717) is 12.3 Å². The van der Waals surface area contributed by atoms with E-state index < -0.39 is 11.9 Å². The van der Waals surface area contributed by atoms with Crippen LogP contribution in [-0.4, -0.2) is 25.1 Å². The number of urea groups is 1. The van der Waals surface area contributed by atoms with E-state index in [1.54, 1.807) is 0 Å². The molecule has 0 fully saturated rings. The first-order chi connectivity index (χ1) is 9.69. The Morgan fingerprint density at radius 3 is 2.85 bits per heavy atom. The Balaban J connectivity index is 1.77. The van der Waals surface area contributed by atoms with Crippen LogP contribution in [0.5, 0.6) is 5.75 Å². The Morgan fingerprint density at radius 1 is 1.25 bits per heavy atom. The second-order valence-corrected chi connectivity index (χ2v) is 4.88. The second kappa shape index (κ2) is 6.93. The van der Waals surface area contributed by atoms with E-state index in [1.165, 1.54) is 17.5 Å². The highest BCUT2D eigenvalue weighted by Gasteiger charge is 2.12. The number of fused-ring (bicyclic) bond motifs is 1. The van der Waals surface area contributed by atoms with Gasteiger partial charge in [-0.05, 0) is 48.9 Å². The Hall–Kier alpha value is -2.04. The Morgan fingerprint density at radius 2 is 2.05 bits per heavy atom. The molecule has 1 aromatic rings. The van der Waals surface area contributed by atoms with Crippen molar-refractivity contribution in [2.45, 2.75) is 32.6 Å². The van der Waals surface area contributed by atoms with Crippen LogP contribution in [0.25, 0.3) is 0 Å². The van der Waals surface area contributed by atoms with Crippen molar-refractivity contribution >= 4 is 11.9 Å². The van der Waals surface area contributed by atoms with E-state index in [4.69, 9.17) is 4.74 Å². The number of nitrogens with one attached hydrogen (secondary N) is 2. The zero-order valence-corrected chi connectivity index (χ0v) is 11.7. The molecule has 0 aliphatic heterocycles. The first-order valence-corrected chi connectivity index (χ1v) is 7.01. The van der Waals surface area contributed by atoms with Crippen molar-refractivity contribution in [2.24, 2.45) is 0 Å². The fourth-order valence-corrected chi connectivity index (χ4v) is 2.23. The van der Waals surface area contributed by atoms with Gasteiger partial charge >= 0.3 is 6.03 Å². The highest BCUT2D eigenvalue weighted by molar-refractivity contribution is 5.94. The van der Waals surface area contributed by atoms with Gasteiger partial charge in [-0.25, -0.2) is 4.79 Å². The minimum Gasteiger partial charge on any atom is -0.484 e. The van der Waals surface area contributed by atoms with Crippen molar-refractivity contribution in [1.29, 1.82) is 0 Å². The molecule has 0 saturated heterocycles. The lowest BCUT2D eigenvalue weighted by Gasteiger charge is -2.08. The zero-order chi connectivity index (χ0) is 14.4. The van der Waals surface area contributed by atoms with Crippen LogP contribution in [0.4, 0.5) is 4.79 Å². The summed E-state index contributed by atoms with van der Waals surface area (Å²) in [5.74, 6) is 0.230. The maximum atomic E-state index is 11.5. The highest BCUT2D eigenvalue weighted by atomic mass is 16.5. The van der Waals surface area contributed by atoms with Crippen molar-refractivity contribution in [3.63, 3.8) is 0 Å². The molecule has 108 valence electrons. The summed E-state index contributed by atoms with van der Waals surface area (Å²) in [7, 11) is 0. The fourth-order valence-electron chi connectivity index (χ4n) is 2.23. The summed E-state index contributed by atoms with van der Waals surface area (Å²) in [6, 6.07) is 5.42. The maximum Gasteiger partial charge on any atom is 0.321 e. The molecule has 2 N–H and O–H groups in total. The number of imide groups is 1. The van der Waals surface area contributed by atoms with E-state index in [0.717, 1.165) is 19.3 Å². The first kappa shape index (κ1) is 14.4. The third kappa shape index (κ3) is 3.98. The molecule has 1 aromatic carbocycles. The number of benzene rings is 1. The zero-order valence-electron chi connectivity index (χ0n) is 11.7. The van der Waals surface area contributed by atoms with Gasteiger partial charge in [-0.15, -0.1) is 0 Å². The number of amides is 3. The van der Waals surface area contributed by atoms with Crippen molar-refractivity contribution in [3.8, 4) is 5.75 Å². The minimum atomic E-state index is -0.477. The largest absolute Gasteiger partial charge is 0.484 e. The quantitative estimate of drug-likeness (QED) is 0.861. The number of carbonyl (C=O) groups excluding carboxylic acids is 2. The van der Waals surface area contributed by atoms with Crippen LogP contribution in [0.1, 0.15) is 30.9 Å². The van der Waals surface area contributed by atoms with Crippen molar-refractivity contribution in [2.75, 3.05) is 13.2 Å². The average molecular weight is 276 g/mol. The van der Waals surface area contributed by atoms with Crippen molar-refractivity contribution < 1.29 is 14.3 Å². The summed E-state index contributed by atoms with van der Waals surface area (Å²) in [6.07, 6.45) is 4.19. The molecule has 5 heteroatoms. The molecule has 0 atom stereocenters. The summed E-state index contributed by atoms with van der Waals surface area (Å²) in [4.78, 5) is 22.8. The van der Waals surface area contributed by atoms with Gasteiger partial charge < -0.3 is 10.1 Å². The molecular weight excluding hydrogens is 256 g/mol. The summed E-state index contributed by atoms with van der Waals surface area (Å²) in [5, 5.41) is 4.79. The van der Waals surface area contributed by atoms with Crippen LogP contribution < -0.4 is 15.4 Å². The predicted molar refractivity (Wildman–Crippen MR) is 75.8 cm³/mol. The molecule has 5 nitrogen and oxygen atoms in total. The second-order valence-electron chi connectivity index (χ2n) is 4.88. The maximum absolute atomic E-state index is 11.5. The van der Waals surface area contributed by atoms with Crippen LogP contribution in [0.3, 0.4) is 0 Å². The van der Waals surface area contributed by atoms with Gasteiger partial charge in [0, 0.05) is 6.54 Å². The number of ether oxygens (including phenoxy) is 1. The monoisotopic (exact) mass is 276 g/mol. The molecule has 0 aromatic heterocycles. The van der Waals surface area contributed by atoms with Gasteiger partial charge in [0.25, 0.3) is 5.91 Å². The molecule has 1 aliphatic rings. The summed E-state index contributed by atoms with van der Waals surface area (Å²) < 4.78 is 5.41. The van der Waals surface area contributed by atoms with E-state index >= 15 is 0 Å². The third-order valence-electron chi connectivity index (χ3n) is 3.23. The number of hydrogen-bond donors (Lipinski definition) is 2. The topological polar surface area (TPSA) is 67.4 Å².